The number of ketones is 1. The normalized spacial score (nSPS) is 18.2. The average molecular weight is 499 g/mol. The van der Waals surface area contributed by atoms with Crippen molar-refractivity contribution in [1.82, 2.24) is 30.7 Å². The highest BCUT2D eigenvalue weighted by Crippen LogP contribution is 2.35. The Morgan fingerprint density at radius 2 is 1.92 bits per heavy atom. The van der Waals surface area contributed by atoms with Gasteiger partial charge in [-0.3, -0.25) is 24.4 Å². The number of unbranched alkanes of at least 4 members (excludes halogenated alkanes) is 1. The molecular formula is C25H34N6O5. The molecule has 3 amide bonds. The maximum atomic E-state index is 13.0. The summed E-state index contributed by atoms with van der Waals surface area (Å²) in [7, 11) is 0. The molecule has 194 valence electrons. The van der Waals surface area contributed by atoms with E-state index in [0.717, 1.165) is 12.0 Å². The van der Waals surface area contributed by atoms with Crippen LogP contribution in [0, 0.1) is 5.41 Å². The molecule has 0 aliphatic carbocycles. The molecule has 2 heterocycles. The van der Waals surface area contributed by atoms with Crippen LogP contribution in [0.15, 0.2) is 36.7 Å². The van der Waals surface area contributed by atoms with Gasteiger partial charge >= 0.3 is 6.09 Å². The molecule has 3 rings (SSSR count). The molecule has 11 heteroatoms. The standard InChI is InChI=1S/C25H34N6O5/c1-5-6-12-18(20(32)22(33)28-16(2)17-10-8-7-9-11-17)29-24(35)36-19-13-25(3,4)14-31(19)23(34)21-26-15-27-30-21/h7-11,15-16,18-19H,5-6,12-14H2,1-4H3,(H,28,33)(H,29,35)(H,26,27,30)/t16-,18+,19?/m1/s1. The van der Waals surface area contributed by atoms with E-state index in [0.29, 0.717) is 19.4 Å². The van der Waals surface area contributed by atoms with E-state index in [1.807, 2.05) is 51.1 Å². The van der Waals surface area contributed by atoms with Crippen LogP contribution in [0.2, 0.25) is 0 Å². The third kappa shape index (κ3) is 6.89. The van der Waals surface area contributed by atoms with Gasteiger partial charge in [-0.05, 0) is 24.3 Å². The van der Waals surface area contributed by atoms with E-state index < -0.39 is 36.0 Å². The summed E-state index contributed by atoms with van der Waals surface area (Å²) in [4.78, 5) is 56.6. The molecule has 0 bridgehead atoms. The van der Waals surface area contributed by atoms with Gasteiger partial charge in [0.1, 0.15) is 12.4 Å². The number of hydrogen-bond donors (Lipinski definition) is 3. The molecule has 1 unspecified atom stereocenters. The Kier molecular flexibility index (Phi) is 8.78. The summed E-state index contributed by atoms with van der Waals surface area (Å²) in [5.74, 6) is -1.92. The predicted molar refractivity (Wildman–Crippen MR) is 131 cm³/mol. The number of carbonyl (C=O) groups excluding carboxylic acids is 4. The smallest absolute Gasteiger partial charge is 0.409 e. The quantitative estimate of drug-likeness (QED) is 0.427. The number of benzene rings is 1. The minimum absolute atomic E-state index is 0.0434. The molecule has 0 saturated carbocycles. The summed E-state index contributed by atoms with van der Waals surface area (Å²) in [6.45, 7) is 8.00. The molecule has 1 aromatic heterocycles. The van der Waals surface area contributed by atoms with Crippen molar-refractivity contribution in [1.29, 1.82) is 0 Å². The number of aromatic amines is 1. The number of Topliss-reactive ketones (excluding diaryl/α,β-unsaturated/α-hetero) is 1. The van der Waals surface area contributed by atoms with E-state index in [4.69, 9.17) is 4.74 Å². The fraction of sp³-hybridized carbons (Fsp3) is 0.520. The fourth-order valence-corrected chi connectivity index (χ4v) is 4.19. The fourth-order valence-electron chi connectivity index (χ4n) is 4.19. The van der Waals surface area contributed by atoms with Gasteiger partial charge in [-0.2, -0.15) is 5.10 Å². The summed E-state index contributed by atoms with van der Waals surface area (Å²) in [6, 6.07) is 7.85. The molecule has 3 atom stereocenters. The number of likely N-dealkylation sites (tertiary alicyclic amines) is 1. The molecule has 0 radical (unpaired) electrons. The van der Waals surface area contributed by atoms with E-state index in [9.17, 15) is 19.2 Å². The molecular weight excluding hydrogens is 464 g/mol. The number of hydrogen-bond acceptors (Lipinski definition) is 7. The van der Waals surface area contributed by atoms with Crippen molar-refractivity contribution < 1.29 is 23.9 Å². The Morgan fingerprint density at radius 3 is 2.56 bits per heavy atom. The van der Waals surface area contributed by atoms with Crippen LogP contribution in [0.5, 0.6) is 0 Å². The Labute approximate surface area is 210 Å². The van der Waals surface area contributed by atoms with Crippen molar-refractivity contribution in [2.75, 3.05) is 6.54 Å². The van der Waals surface area contributed by atoms with E-state index >= 15 is 0 Å². The zero-order valence-corrected chi connectivity index (χ0v) is 21.1. The minimum Gasteiger partial charge on any atom is -0.425 e. The molecule has 3 N–H and O–H groups in total. The number of amides is 3. The van der Waals surface area contributed by atoms with E-state index in [1.54, 1.807) is 6.92 Å². The van der Waals surface area contributed by atoms with Gasteiger partial charge in [-0.15, -0.1) is 0 Å². The van der Waals surface area contributed by atoms with E-state index in [2.05, 4.69) is 25.8 Å². The first-order chi connectivity index (χ1) is 17.1. The largest absolute Gasteiger partial charge is 0.425 e. The summed E-state index contributed by atoms with van der Waals surface area (Å²) in [5.41, 5.74) is 0.558. The second-order valence-corrected chi connectivity index (χ2v) is 9.80. The third-order valence-electron chi connectivity index (χ3n) is 6.12. The van der Waals surface area contributed by atoms with Gasteiger partial charge in [0.2, 0.25) is 11.6 Å². The number of carbonyl (C=O) groups is 4. The molecule has 1 aliphatic rings. The predicted octanol–water partition coefficient (Wildman–Crippen LogP) is 2.73. The maximum absolute atomic E-state index is 13.0. The Morgan fingerprint density at radius 1 is 1.19 bits per heavy atom. The van der Waals surface area contributed by atoms with Crippen molar-refractivity contribution >= 4 is 23.7 Å². The van der Waals surface area contributed by atoms with Gasteiger partial charge in [0.05, 0.1) is 6.04 Å². The van der Waals surface area contributed by atoms with Crippen molar-refractivity contribution in [2.45, 2.75) is 71.7 Å². The minimum atomic E-state index is -1.05. The monoisotopic (exact) mass is 498 g/mol. The SMILES string of the molecule is CCCC[C@H](NC(=O)OC1CC(C)(C)CN1C(=O)c1ncn[nH]1)C(=O)C(=O)N[C@H](C)c1ccccc1. The lowest BCUT2D eigenvalue weighted by Gasteiger charge is -2.25. The summed E-state index contributed by atoms with van der Waals surface area (Å²) >= 11 is 0. The van der Waals surface area contributed by atoms with Crippen LogP contribution in [0.3, 0.4) is 0 Å². The number of ether oxygens (including phenoxy) is 1. The van der Waals surface area contributed by atoms with Gasteiger partial charge in [0, 0.05) is 13.0 Å². The molecule has 1 saturated heterocycles. The first-order valence-electron chi connectivity index (χ1n) is 12.1. The Hall–Kier alpha value is -3.76. The van der Waals surface area contributed by atoms with Gasteiger partial charge < -0.3 is 15.4 Å². The number of rotatable bonds is 10. The lowest BCUT2D eigenvalue weighted by molar-refractivity contribution is -0.139. The van der Waals surface area contributed by atoms with E-state index in [-0.39, 0.29) is 23.7 Å². The molecule has 1 aliphatic heterocycles. The second-order valence-electron chi connectivity index (χ2n) is 9.80. The molecule has 1 aromatic carbocycles. The van der Waals surface area contributed by atoms with E-state index in [1.165, 1.54) is 11.2 Å². The van der Waals surface area contributed by atoms with Crippen LogP contribution in [0.25, 0.3) is 0 Å². The van der Waals surface area contributed by atoms with Crippen molar-refractivity contribution in [2.24, 2.45) is 5.41 Å². The van der Waals surface area contributed by atoms with Crippen LogP contribution in [-0.4, -0.2) is 62.6 Å². The molecule has 11 nitrogen and oxygen atoms in total. The number of alkyl carbamates (subject to hydrolysis) is 1. The zero-order chi connectivity index (χ0) is 26.3. The highest BCUT2D eigenvalue weighted by Gasteiger charge is 2.43. The zero-order valence-electron chi connectivity index (χ0n) is 21.1. The second kappa shape index (κ2) is 11.8. The maximum Gasteiger partial charge on any atom is 0.409 e. The van der Waals surface area contributed by atoms with Crippen LogP contribution >= 0.6 is 0 Å². The first-order valence-corrected chi connectivity index (χ1v) is 12.1. The van der Waals surface area contributed by atoms with Crippen molar-refractivity contribution in [3.63, 3.8) is 0 Å². The highest BCUT2D eigenvalue weighted by atomic mass is 16.6. The number of aromatic nitrogens is 3. The van der Waals surface area contributed by atoms with Crippen LogP contribution < -0.4 is 10.6 Å². The third-order valence-corrected chi connectivity index (χ3v) is 6.12. The topological polar surface area (TPSA) is 146 Å². The molecule has 2 aromatic rings. The summed E-state index contributed by atoms with van der Waals surface area (Å²) in [5, 5.41) is 11.5. The Balaban J connectivity index is 1.65. The first kappa shape index (κ1) is 26.8. The summed E-state index contributed by atoms with van der Waals surface area (Å²) in [6.07, 6.45) is 1.60. The Bertz CT molecular complexity index is 1060. The number of nitrogens with zero attached hydrogens (tertiary/aromatic N) is 3. The van der Waals surface area contributed by atoms with Crippen LogP contribution in [0.1, 0.15) is 75.6 Å². The molecule has 0 spiro atoms. The van der Waals surface area contributed by atoms with Crippen LogP contribution in [0.4, 0.5) is 4.79 Å². The van der Waals surface area contributed by atoms with Gasteiger partial charge in [0.15, 0.2) is 6.23 Å². The highest BCUT2D eigenvalue weighted by molar-refractivity contribution is 6.38. The van der Waals surface area contributed by atoms with Gasteiger partial charge in [-0.25, -0.2) is 9.78 Å². The number of H-pyrrole nitrogens is 1. The van der Waals surface area contributed by atoms with Gasteiger partial charge in [0.25, 0.3) is 11.8 Å². The van der Waals surface area contributed by atoms with Crippen molar-refractivity contribution in [3.05, 3.63) is 48.0 Å². The van der Waals surface area contributed by atoms with Crippen molar-refractivity contribution in [3.8, 4) is 0 Å². The average Bonchev–Trinajstić information content (AvgIpc) is 3.49. The lowest BCUT2D eigenvalue weighted by Crippen LogP contribution is -2.49. The molecule has 1 fully saturated rings. The lowest BCUT2D eigenvalue weighted by atomic mass is 9.93. The molecule has 36 heavy (non-hydrogen) atoms. The summed E-state index contributed by atoms with van der Waals surface area (Å²) < 4.78 is 5.58. The van der Waals surface area contributed by atoms with Gasteiger partial charge in [-0.1, -0.05) is 63.9 Å². The number of nitrogens with one attached hydrogen (secondary N) is 3. The van der Waals surface area contributed by atoms with Crippen LogP contribution in [-0.2, 0) is 14.3 Å².